The quantitative estimate of drug-likeness (QED) is 0.228. The van der Waals surface area contributed by atoms with Crippen LogP contribution in [0.2, 0.25) is 0 Å². The van der Waals surface area contributed by atoms with Gasteiger partial charge in [-0.25, -0.2) is 0 Å². The largest absolute Gasteiger partial charge is 0.357 e. The van der Waals surface area contributed by atoms with Gasteiger partial charge in [0.2, 0.25) is 31.0 Å². The summed E-state index contributed by atoms with van der Waals surface area (Å²) in [6, 6.07) is -1.84. The minimum atomic E-state index is -4.13. The molecule has 0 spiro atoms. The molecule has 4 N–H and O–H groups in total. The smallest absolute Gasteiger partial charge is 0.252 e. The van der Waals surface area contributed by atoms with Gasteiger partial charge in [-0.2, -0.15) is 0 Å². The zero-order chi connectivity index (χ0) is 25.5. The predicted molar refractivity (Wildman–Crippen MR) is 122 cm³/mol. The molecule has 4 atom stereocenters. The first-order valence-electron chi connectivity index (χ1n) is 11.1. The van der Waals surface area contributed by atoms with Crippen LogP contribution >= 0.6 is 7.37 Å². The third kappa shape index (κ3) is 9.25. The molecule has 12 heteroatoms. The van der Waals surface area contributed by atoms with Crippen molar-refractivity contribution in [3.05, 3.63) is 0 Å². The minimum absolute atomic E-state index is 0.0171. The second kappa shape index (κ2) is 12.3. The second-order valence-electron chi connectivity index (χ2n) is 9.42. The molecular weight excluding hydrogens is 451 g/mol. The van der Waals surface area contributed by atoms with Crippen molar-refractivity contribution in [2.45, 2.75) is 66.0 Å². The van der Waals surface area contributed by atoms with Crippen molar-refractivity contribution in [2.24, 2.45) is 17.8 Å². The number of carbonyl (C=O) groups excluding carboxylic acids is 5. The summed E-state index contributed by atoms with van der Waals surface area (Å²) in [5, 5.41) is 7.55. The van der Waals surface area contributed by atoms with Crippen molar-refractivity contribution in [3.8, 4) is 0 Å². The first-order valence-corrected chi connectivity index (χ1v) is 13.1. The van der Waals surface area contributed by atoms with Gasteiger partial charge in [0.05, 0.1) is 6.42 Å². The molecule has 0 aromatic rings. The number of nitrogens with one attached hydrogen (secondary N) is 3. The van der Waals surface area contributed by atoms with Crippen LogP contribution in [0, 0.1) is 17.8 Å². The zero-order valence-electron chi connectivity index (χ0n) is 20.2. The summed E-state index contributed by atoms with van der Waals surface area (Å²) in [7, 11) is -2.67. The highest BCUT2D eigenvalue weighted by molar-refractivity contribution is 7.58. The molecule has 0 aromatic carbocycles. The lowest BCUT2D eigenvalue weighted by molar-refractivity contribution is -0.138. The number of hydrogen-bond donors (Lipinski definition) is 4. The molecule has 1 aliphatic heterocycles. The fourth-order valence-corrected chi connectivity index (χ4v) is 5.67. The molecule has 0 radical (unpaired) electrons. The highest BCUT2D eigenvalue weighted by atomic mass is 31.2. The van der Waals surface area contributed by atoms with Gasteiger partial charge in [0.1, 0.15) is 18.4 Å². The molecule has 11 nitrogen and oxygen atoms in total. The Morgan fingerprint density at radius 1 is 1.09 bits per heavy atom. The molecule has 1 heterocycles. The molecule has 0 aliphatic carbocycles. The van der Waals surface area contributed by atoms with Gasteiger partial charge in [0.25, 0.3) is 5.91 Å². The molecule has 1 rings (SSSR count). The van der Waals surface area contributed by atoms with E-state index in [2.05, 4.69) is 16.0 Å². The van der Waals surface area contributed by atoms with E-state index < -0.39 is 61.4 Å². The first-order chi connectivity index (χ1) is 15.2. The van der Waals surface area contributed by atoms with Crippen LogP contribution in [0.4, 0.5) is 0 Å². The van der Waals surface area contributed by atoms with Gasteiger partial charge < -0.3 is 20.8 Å². The first kappa shape index (κ1) is 28.8. The molecule has 0 aromatic heterocycles. The van der Waals surface area contributed by atoms with E-state index in [0.29, 0.717) is 11.3 Å². The van der Waals surface area contributed by atoms with Gasteiger partial charge in [-0.15, -0.1) is 0 Å². The van der Waals surface area contributed by atoms with Gasteiger partial charge in [0.15, 0.2) is 0 Å². The second-order valence-corrected chi connectivity index (χ2v) is 11.8. The summed E-state index contributed by atoms with van der Waals surface area (Å²) in [6.07, 6.45) is -0.765. The van der Waals surface area contributed by atoms with E-state index in [0.717, 1.165) is 0 Å². The molecule has 33 heavy (non-hydrogen) atoms. The number of rotatable bonds is 12. The maximum atomic E-state index is 13.0. The lowest BCUT2D eigenvalue weighted by atomic mass is 9.96. The Morgan fingerprint density at radius 3 is 2.15 bits per heavy atom. The van der Waals surface area contributed by atoms with Gasteiger partial charge in [0, 0.05) is 26.1 Å². The molecule has 1 fully saturated rings. The predicted octanol–water partition coefficient (Wildman–Crippen LogP) is 0.417. The Bertz CT molecular complexity index is 814. The van der Waals surface area contributed by atoms with E-state index in [-0.39, 0.29) is 30.6 Å². The van der Waals surface area contributed by atoms with Crippen LogP contribution in [0.25, 0.3) is 0 Å². The number of hydrogen-bond acceptors (Lipinski definition) is 6. The number of amides is 5. The summed E-state index contributed by atoms with van der Waals surface area (Å²) >= 11 is 0. The fourth-order valence-electron chi connectivity index (χ4n) is 3.81. The minimum Gasteiger partial charge on any atom is -0.357 e. The maximum Gasteiger partial charge on any atom is 0.252 e. The number of imide groups is 1. The molecule has 0 saturated carbocycles. The average molecular weight is 489 g/mol. The standard InChI is InChI=1S/C21H37N4O7P/c1-12(2)7-15(19(28)24-16(8-13(3)4)20(29)22-6)10-33(31,32)11-25-18(27)9-17(21(25)30)23-14(5)26/h12-13,15-17H,7-11H2,1-6H3,(H,22,29)(H,23,26)(H,24,28)(H,31,32)/t15?,16-,17-/m0/s1. The molecule has 2 unspecified atom stereocenters. The maximum absolute atomic E-state index is 13.0. The van der Waals surface area contributed by atoms with Crippen LogP contribution in [0.1, 0.15) is 53.9 Å². The molecule has 188 valence electrons. The van der Waals surface area contributed by atoms with E-state index in [4.69, 9.17) is 0 Å². The van der Waals surface area contributed by atoms with E-state index >= 15 is 0 Å². The van der Waals surface area contributed by atoms with Gasteiger partial charge in [-0.3, -0.25) is 33.4 Å². The highest BCUT2D eigenvalue weighted by Crippen LogP contribution is 2.45. The van der Waals surface area contributed by atoms with Crippen molar-refractivity contribution in [2.75, 3.05) is 19.5 Å². The Labute approximate surface area is 194 Å². The molecule has 1 aliphatic rings. The molecule has 1 saturated heterocycles. The van der Waals surface area contributed by atoms with E-state index in [1.165, 1.54) is 14.0 Å². The van der Waals surface area contributed by atoms with Crippen LogP contribution in [-0.2, 0) is 28.5 Å². The van der Waals surface area contributed by atoms with Crippen molar-refractivity contribution >= 4 is 36.9 Å². The normalized spacial score (nSPS) is 19.9. The third-order valence-corrected chi connectivity index (χ3v) is 6.94. The van der Waals surface area contributed by atoms with Crippen LogP contribution in [0.15, 0.2) is 0 Å². The summed E-state index contributed by atoms with van der Waals surface area (Å²) < 4.78 is 13.0. The Hall–Kier alpha value is -2.26. The SMILES string of the molecule is CNC(=O)[C@H](CC(C)C)NC(=O)C(CC(C)C)CP(=O)(O)CN1C(=O)C[C@H](NC(C)=O)C1=O. The zero-order valence-corrected chi connectivity index (χ0v) is 21.1. The third-order valence-electron chi connectivity index (χ3n) is 5.20. The molecule has 0 bridgehead atoms. The van der Waals surface area contributed by atoms with Crippen LogP contribution in [-0.4, -0.2) is 70.9 Å². The topological polar surface area (TPSA) is 162 Å². The number of likely N-dealkylation sites (N-methyl/N-ethyl adjacent to an activating group) is 1. The van der Waals surface area contributed by atoms with E-state index in [9.17, 15) is 33.4 Å². The monoisotopic (exact) mass is 488 g/mol. The summed E-state index contributed by atoms with van der Waals surface area (Å²) in [6.45, 7) is 8.75. The van der Waals surface area contributed by atoms with Crippen LogP contribution < -0.4 is 16.0 Å². The molecule has 5 amide bonds. The Kier molecular flexibility index (Phi) is 10.7. The summed E-state index contributed by atoms with van der Waals surface area (Å²) in [5.41, 5.74) is 0. The Morgan fingerprint density at radius 2 is 1.67 bits per heavy atom. The summed E-state index contributed by atoms with van der Waals surface area (Å²) in [4.78, 5) is 72.3. The lowest BCUT2D eigenvalue weighted by Crippen LogP contribution is -2.49. The van der Waals surface area contributed by atoms with Crippen molar-refractivity contribution in [3.63, 3.8) is 0 Å². The average Bonchev–Trinajstić information content (AvgIpc) is 2.91. The van der Waals surface area contributed by atoms with Crippen LogP contribution in [0.5, 0.6) is 0 Å². The van der Waals surface area contributed by atoms with Crippen LogP contribution in [0.3, 0.4) is 0 Å². The number of nitrogens with zero attached hydrogens (tertiary/aromatic N) is 1. The van der Waals surface area contributed by atoms with Gasteiger partial charge in [-0.1, -0.05) is 27.7 Å². The lowest BCUT2D eigenvalue weighted by Gasteiger charge is -2.26. The fraction of sp³-hybridized carbons (Fsp3) is 0.762. The van der Waals surface area contributed by atoms with Crippen molar-refractivity contribution in [1.82, 2.24) is 20.9 Å². The van der Waals surface area contributed by atoms with Crippen molar-refractivity contribution < 1.29 is 33.4 Å². The molecular formula is C21H37N4O7P. The number of likely N-dealkylation sites (tertiary alicyclic amines) is 1. The van der Waals surface area contributed by atoms with E-state index in [1.54, 1.807) is 0 Å². The van der Waals surface area contributed by atoms with E-state index in [1.807, 2.05) is 27.7 Å². The van der Waals surface area contributed by atoms with Gasteiger partial charge >= 0.3 is 0 Å². The Balaban J connectivity index is 2.97. The van der Waals surface area contributed by atoms with Gasteiger partial charge in [-0.05, 0) is 24.7 Å². The summed E-state index contributed by atoms with van der Waals surface area (Å²) in [5.74, 6) is -3.52. The number of carbonyl (C=O) groups is 5. The highest BCUT2D eigenvalue weighted by Gasteiger charge is 2.43. The van der Waals surface area contributed by atoms with Crippen molar-refractivity contribution in [1.29, 1.82) is 0 Å².